The summed E-state index contributed by atoms with van der Waals surface area (Å²) in [5.74, 6) is 0. The second-order valence-electron chi connectivity index (χ2n) is 3.80. The predicted molar refractivity (Wildman–Crippen MR) is 52.1 cm³/mol. The predicted octanol–water partition coefficient (Wildman–Crippen LogP) is 3.08. The van der Waals surface area contributed by atoms with Crippen LogP contribution in [0, 0.1) is 0 Å². The fourth-order valence-electron chi connectivity index (χ4n) is 1.68. The standard InChI is InChI=1S/C11H18O/c1-5-7-11(4)8-6-10(12-11)9(2)3/h5,7,10H,2,6,8H2,1,3-4H3. The van der Waals surface area contributed by atoms with Crippen molar-refractivity contribution in [2.45, 2.75) is 45.3 Å². The summed E-state index contributed by atoms with van der Waals surface area (Å²) in [5, 5.41) is 0. The Morgan fingerprint density at radius 2 is 2.33 bits per heavy atom. The van der Waals surface area contributed by atoms with Gasteiger partial charge in [0, 0.05) is 0 Å². The summed E-state index contributed by atoms with van der Waals surface area (Å²) >= 11 is 0. The van der Waals surface area contributed by atoms with Crippen molar-refractivity contribution in [3.63, 3.8) is 0 Å². The molecule has 1 rings (SSSR count). The normalized spacial score (nSPS) is 36.1. The zero-order valence-electron chi connectivity index (χ0n) is 8.26. The van der Waals surface area contributed by atoms with Crippen LogP contribution in [0.2, 0.25) is 0 Å². The minimum absolute atomic E-state index is 0.0433. The van der Waals surface area contributed by atoms with Crippen LogP contribution in [-0.2, 0) is 4.74 Å². The zero-order valence-corrected chi connectivity index (χ0v) is 8.26. The van der Waals surface area contributed by atoms with Gasteiger partial charge in [0.15, 0.2) is 0 Å². The maximum absolute atomic E-state index is 5.86. The van der Waals surface area contributed by atoms with Crippen LogP contribution >= 0.6 is 0 Å². The first-order valence-electron chi connectivity index (χ1n) is 4.54. The molecule has 2 unspecified atom stereocenters. The smallest absolute Gasteiger partial charge is 0.0843 e. The van der Waals surface area contributed by atoms with E-state index in [1.54, 1.807) is 0 Å². The molecule has 1 aliphatic heterocycles. The molecule has 1 heterocycles. The summed E-state index contributed by atoms with van der Waals surface area (Å²) in [7, 11) is 0. The van der Waals surface area contributed by atoms with Crippen LogP contribution < -0.4 is 0 Å². The van der Waals surface area contributed by atoms with Crippen LogP contribution in [0.1, 0.15) is 33.6 Å². The lowest BCUT2D eigenvalue weighted by molar-refractivity contribution is 0.0220. The minimum Gasteiger partial charge on any atom is -0.364 e. The van der Waals surface area contributed by atoms with Gasteiger partial charge in [-0.2, -0.15) is 0 Å². The molecular weight excluding hydrogens is 148 g/mol. The Morgan fingerprint density at radius 1 is 1.67 bits per heavy atom. The molecule has 0 aromatic carbocycles. The lowest BCUT2D eigenvalue weighted by Gasteiger charge is -2.20. The van der Waals surface area contributed by atoms with Gasteiger partial charge in [0.05, 0.1) is 11.7 Å². The highest BCUT2D eigenvalue weighted by Crippen LogP contribution is 2.33. The van der Waals surface area contributed by atoms with Gasteiger partial charge in [0.1, 0.15) is 0 Å². The van der Waals surface area contributed by atoms with Gasteiger partial charge < -0.3 is 4.74 Å². The lowest BCUT2D eigenvalue weighted by Crippen LogP contribution is -2.22. The zero-order chi connectivity index (χ0) is 9.19. The van der Waals surface area contributed by atoms with Gasteiger partial charge in [-0.1, -0.05) is 24.3 Å². The number of hydrogen-bond acceptors (Lipinski definition) is 1. The van der Waals surface area contributed by atoms with Crippen molar-refractivity contribution in [2.24, 2.45) is 0 Å². The highest BCUT2D eigenvalue weighted by Gasteiger charge is 2.33. The van der Waals surface area contributed by atoms with Crippen molar-refractivity contribution in [1.82, 2.24) is 0 Å². The molecule has 0 bridgehead atoms. The Labute approximate surface area is 75.1 Å². The molecule has 2 atom stereocenters. The summed E-state index contributed by atoms with van der Waals surface area (Å²) in [5.41, 5.74) is 1.10. The SMILES string of the molecule is C=C(C)C1CCC(C)(C=CC)O1. The monoisotopic (exact) mass is 166 g/mol. The Balaban J connectivity index is 2.60. The third kappa shape index (κ3) is 1.98. The molecule has 0 aliphatic carbocycles. The molecule has 12 heavy (non-hydrogen) atoms. The number of rotatable bonds is 2. The Hall–Kier alpha value is -0.560. The van der Waals surface area contributed by atoms with Crippen LogP contribution in [0.3, 0.4) is 0 Å². The fourth-order valence-corrected chi connectivity index (χ4v) is 1.68. The summed E-state index contributed by atoms with van der Waals surface area (Å²) in [6.07, 6.45) is 6.67. The first-order valence-corrected chi connectivity index (χ1v) is 4.54. The van der Waals surface area contributed by atoms with Crippen LogP contribution in [0.15, 0.2) is 24.3 Å². The van der Waals surface area contributed by atoms with Gasteiger partial charge in [0.2, 0.25) is 0 Å². The Kier molecular flexibility index (Phi) is 2.73. The summed E-state index contributed by atoms with van der Waals surface area (Å²) in [6.45, 7) is 10.1. The minimum atomic E-state index is -0.0433. The van der Waals surface area contributed by atoms with Gasteiger partial charge in [-0.3, -0.25) is 0 Å². The Morgan fingerprint density at radius 3 is 2.75 bits per heavy atom. The van der Waals surface area contributed by atoms with Gasteiger partial charge in [-0.15, -0.1) is 0 Å². The van der Waals surface area contributed by atoms with Crippen molar-refractivity contribution in [3.8, 4) is 0 Å². The third-order valence-electron chi connectivity index (χ3n) is 2.38. The van der Waals surface area contributed by atoms with E-state index in [9.17, 15) is 0 Å². The molecule has 1 aliphatic rings. The molecule has 0 saturated carbocycles. The van der Waals surface area contributed by atoms with Crippen LogP contribution in [0.5, 0.6) is 0 Å². The van der Waals surface area contributed by atoms with E-state index in [4.69, 9.17) is 4.74 Å². The van der Waals surface area contributed by atoms with Gasteiger partial charge in [-0.05, 0) is 33.6 Å². The summed E-state index contributed by atoms with van der Waals surface area (Å²) < 4.78 is 5.86. The van der Waals surface area contributed by atoms with E-state index in [1.807, 2.05) is 13.8 Å². The average Bonchev–Trinajstić information content (AvgIpc) is 2.33. The molecule has 0 amide bonds. The van der Waals surface area contributed by atoms with Crippen molar-refractivity contribution < 1.29 is 4.74 Å². The molecule has 0 spiro atoms. The highest BCUT2D eigenvalue weighted by atomic mass is 16.5. The maximum Gasteiger partial charge on any atom is 0.0843 e. The van der Waals surface area contributed by atoms with E-state index in [-0.39, 0.29) is 11.7 Å². The summed E-state index contributed by atoms with van der Waals surface area (Å²) in [4.78, 5) is 0. The van der Waals surface area contributed by atoms with Crippen molar-refractivity contribution in [2.75, 3.05) is 0 Å². The van der Waals surface area contributed by atoms with Crippen molar-refractivity contribution >= 4 is 0 Å². The van der Waals surface area contributed by atoms with Gasteiger partial charge >= 0.3 is 0 Å². The first-order chi connectivity index (χ1) is 5.57. The highest BCUT2D eigenvalue weighted by molar-refractivity contribution is 5.09. The van der Waals surface area contributed by atoms with E-state index in [1.165, 1.54) is 0 Å². The average molecular weight is 166 g/mol. The van der Waals surface area contributed by atoms with Gasteiger partial charge in [-0.25, -0.2) is 0 Å². The molecule has 0 N–H and O–H groups in total. The van der Waals surface area contributed by atoms with E-state index < -0.39 is 0 Å². The Bertz CT molecular complexity index is 205. The van der Waals surface area contributed by atoms with E-state index in [0.29, 0.717) is 0 Å². The van der Waals surface area contributed by atoms with Crippen LogP contribution in [0.25, 0.3) is 0 Å². The van der Waals surface area contributed by atoms with Crippen molar-refractivity contribution in [3.05, 3.63) is 24.3 Å². The molecular formula is C11H18O. The molecule has 1 saturated heterocycles. The van der Waals surface area contributed by atoms with Gasteiger partial charge in [0.25, 0.3) is 0 Å². The van der Waals surface area contributed by atoms with E-state index in [0.717, 1.165) is 18.4 Å². The maximum atomic E-state index is 5.86. The number of ether oxygens (including phenoxy) is 1. The fraction of sp³-hybridized carbons (Fsp3) is 0.636. The molecule has 0 aromatic rings. The lowest BCUT2D eigenvalue weighted by atomic mass is 10.0. The molecule has 1 nitrogen and oxygen atoms in total. The molecule has 0 radical (unpaired) electrons. The summed E-state index contributed by atoms with van der Waals surface area (Å²) in [6, 6.07) is 0. The second-order valence-corrected chi connectivity index (χ2v) is 3.80. The molecule has 1 fully saturated rings. The molecule has 68 valence electrons. The molecule has 0 aromatic heterocycles. The topological polar surface area (TPSA) is 9.23 Å². The quantitative estimate of drug-likeness (QED) is 0.573. The van der Waals surface area contributed by atoms with Crippen molar-refractivity contribution in [1.29, 1.82) is 0 Å². The van der Waals surface area contributed by atoms with Crippen LogP contribution in [-0.4, -0.2) is 11.7 Å². The number of allylic oxidation sites excluding steroid dienone is 1. The van der Waals surface area contributed by atoms with E-state index >= 15 is 0 Å². The van der Waals surface area contributed by atoms with E-state index in [2.05, 4.69) is 25.7 Å². The third-order valence-corrected chi connectivity index (χ3v) is 2.38. The first kappa shape index (κ1) is 9.53. The largest absolute Gasteiger partial charge is 0.364 e. The molecule has 1 heteroatoms. The number of hydrogen-bond donors (Lipinski definition) is 0. The van der Waals surface area contributed by atoms with Crippen LogP contribution in [0.4, 0.5) is 0 Å². The second kappa shape index (κ2) is 3.44.